The Balaban J connectivity index is 0. The van der Waals surface area contributed by atoms with Crippen molar-refractivity contribution in [3.63, 3.8) is 0 Å². The largest absolute Gasteiger partial charge is 0.481 e. The zero-order valence-electron chi connectivity index (χ0n) is 8.45. The Morgan fingerprint density at radius 1 is 1.19 bits per heavy atom. The first-order chi connectivity index (χ1) is 6.27. The summed E-state index contributed by atoms with van der Waals surface area (Å²) in [5.41, 5.74) is 1.82. The number of fused-ring (bicyclic) bond motifs is 1. The molecule has 0 fully saturated rings. The monoisotopic (exact) mass is 229 g/mol. The molecule has 0 aliphatic heterocycles. The van der Waals surface area contributed by atoms with E-state index in [1.54, 1.807) is 6.20 Å². The predicted molar refractivity (Wildman–Crippen MR) is 60.5 cm³/mol. The molecule has 6 nitrogen and oxygen atoms in total. The average molecular weight is 229 g/mol. The van der Waals surface area contributed by atoms with Crippen LogP contribution in [0.3, 0.4) is 0 Å². The highest BCUT2D eigenvalue weighted by Gasteiger charge is 2.05. The quantitative estimate of drug-likeness (QED) is 0.702. The summed E-state index contributed by atoms with van der Waals surface area (Å²) in [4.78, 5) is 13.5. The molecule has 0 amide bonds. The first kappa shape index (κ1) is 16.5. The van der Waals surface area contributed by atoms with Crippen molar-refractivity contribution in [2.75, 3.05) is 0 Å². The van der Waals surface area contributed by atoms with E-state index >= 15 is 0 Å². The van der Waals surface area contributed by atoms with Crippen LogP contribution in [0.15, 0.2) is 30.5 Å². The van der Waals surface area contributed by atoms with Crippen molar-refractivity contribution in [2.45, 2.75) is 6.42 Å². The number of nitrogens with one attached hydrogen (secondary N) is 1. The van der Waals surface area contributed by atoms with Crippen molar-refractivity contribution < 1.29 is 26.3 Å². The molecule has 1 heterocycles. The first-order valence-corrected chi connectivity index (χ1v) is 4.04. The molecule has 0 saturated carbocycles. The van der Waals surface area contributed by atoms with Crippen molar-refractivity contribution in [2.24, 2.45) is 0 Å². The van der Waals surface area contributed by atoms with Gasteiger partial charge in [-0.2, -0.15) is 0 Å². The molecule has 0 atom stereocenters. The lowest BCUT2D eigenvalue weighted by Crippen LogP contribution is -1.98. The van der Waals surface area contributed by atoms with Gasteiger partial charge < -0.3 is 26.5 Å². The van der Waals surface area contributed by atoms with Crippen LogP contribution in [0.4, 0.5) is 0 Å². The smallest absolute Gasteiger partial charge is 0.307 e. The average Bonchev–Trinajstić information content (AvgIpc) is 2.48. The second-order valence-corrected chi connectivity index (χ2v) is 2.93. The molecule has 0 radical (unpaired) electrons. The lowest BCUT2D eigenvalue weighted by molar-refractivity contribution is -0.136. The third-order valence-corrected chi connectivity index (χ3v) is 2.02. The summed E-state index contributed by atoms with van der Waals surface area (Å²) in [7, 11) is 0. The number of para-hydroxylation sites is 1. The summed E-state index contributed by atoms with van der Waals surface area (Å²) >= 11 is 0. The molecular weight excluding hydrogens is 214 g/mol. The molecule has 2 aromatic rings. The van der Waals surface area contributed by atoms with Crippen molar-refractivity contribution in [3.05, 3.63) is 36.0 Å². The maximum atomic E-state index is 10.5. The van der Waals surface area contributed by atoms with Crippen LogP contribution in [0.25, 0.3) is 10.9 Å². The normalized spacial score (nSPS) is 8.50. The van der Waals surface area contributed by atoms with Crippen LogP contribution >= 0.6 is 0 Å². The van der Waals surface area contributed by atoms with Crippen LogP contribution in [-0.4, -0.2) is 32.5 Å². The Bertz CT molecular complexity index is 451. The van der Waals surface area contributed by atoms with Gasteiger partial charge in [0.15, 0.2) is 0 Å². The fraction of sp³-hybridized carbons (Fsp3) is 0.100. The fourth-order valence-electron chi connectivity index (χ4n) is 1.44. The molecule has 0 aliphatic rings. The van der Waals surface area contributed by atoms with Gasteiger partial charge in [0.25, 0.3) is 0 Å². The molecule has 16 heavy (non-hydrogen) atoms. The predicted octanol–water partition coefficient (Wildman–Crippen LogP) is -0.679. The highest BCUT2D eigenvalue weighted by atomic mass is 16.4. The number of hydrogen-bond acceptors (Lipinski definition) is 1. The van der Waals surface area contributed by atoms with Gasteiger partial charge in [0, 0.05) is 17.1 Å². The van der Waals surface area contributed by atoms with E-state index in [2.05, 4.69) is 4.98 Å². The number of carboxylic acid groups (broad SMARTS) is 1. The highest BCUT2D eigenvalue weighted by molar-refractivity contribution is 5.86. The Labute approximate surface area is 91.5 Å². The van der Waals surface area contributed by atoms with E-state index in [0.717, 1.165) is 16.5 Å². The van der Waals surface area contributed by atoms with Crippen molar-refractivity contribution in [1.29, 1.82) is 0 Å². The van der Waals surface area contributed by atoms with Gasteiger partial charge in [0.1, 0.15) is 0 Å². The number of benzene rings is 1. The molecule has 90 valence electrons. The van der Waals surface area contributed by atoms with Gasteiger partial charge in [-0.25, -0.2) is 0 Å². The number of aromatic nitrogens is 1. The molecule has 6 heteroatoms. The van der Waals surface area contributed by atoms with Gasteiger partial charge in [-0.15, -0.1) is 0 Å². The van der Waals surface area contributed by atoms with E-state index in [9.17, 15) is 4.79 Å². The van der Waals surface area contributed by atoms with Crippen molar-refractivity contribution >= 4 is 16.9 Å². The summed E-state index contributed by atoms with van der Waals surface area (Å²) in [5.74, 6) is -0.801. The van der Waals surface area contributed by atoms with E-state index in [1.807, 2.05) is 24.3 Å². The number of aromatic amines is 1. The molecule has 1 aromatic heterocycles. The molecule has 0 saturated heterocycles. The molecule has 1 aromatic carbocycles. The number of hydrogen-bond donors (Lipinski definition) is 2. The molecule has 0 unspecified atom stereocenters. The number of H-pyrrole nitrogens is 1. The van der Waals surface area contributed by atoms with E-state index in [1.165, 1.54) is 0 Å². The minimum atomic E-state index is -0.801. The van der Waals surface area contributed by atoms with Crippen LogP contribution in [0.5, 0.6) is 0 Å². The van der Waals surface area contributed by atoms with Gasteiger partial charge in [0.2, 0.25) is 0 Å². The SMILES string of the molecule is O.O.O.O=C(O)Cc1c[nH]c2ccccc12. The topological polar surface area (TPSA) is 148 Å². The summed E-state index contributed by atoms with van der Waals surface area (Å²) < 4.78 is 0. The Morgan fingerprint density at radius 3 is 2.44 bits per heavy atom. The van der Waals surface area contributed by atoms with Crippen LogP contribution < -0.4 is 0 Å². The van der Waals surface area contributed by atoms with E-state index in [0.29, 0.717) is 0 Å². The highest BCUT2D eigenvalue weighted by Crippen LogP contribution is 2.17. The molecular formula is C10H15NO5. The van der Waals surface area contributed by atoms with Crippen LogP contribution in [0.2, 0.25) is 0 Å². The van der Waals surface area contributed by atoms with Gasteiger partial charge in [-0.1, -0.05) is 18.2 Å². The summed E-state index contributed by atoms with van der Waals surface area (Å²) in [6.07, 6.45) is 1.82. The standard InChI is InChI=1S/C10H9NO2.3H2O/c12-10(13)5-7-6-11-9-4-2-1-3-8(7)9;;;/h1-4,6,11H,5H2,(H,12,13);3*1H2. The van der Waals surface area contributed by atoms with Gasteiger partial charge in [-0.3, -0.25) is 4.79 Å². The molecule has 0 spiro atoms. The van der Waals surface area contributed by atoms with E-state index in [-0.39, 0.29) is 22.8 Å². The third-order valence-electron chi connectivity index (χ3n) is 2.02. The van der Waals surface area contributed by atoms with Crippen molar-refractivity contribution in [3.8, 4) is 0 Å². The second kappa shape index (κ2) is 6.57. The molecule has 0 aliphatic carbocycles. The second-order valence-electron chi connectivity index (χ2n) is 2.93. The maximum Gasteiger partial charge on any atom is 0.307 e. The van der Waals surface area contributed by atoms with Gasteiger partial charge >= 0.3 is 5.97 Å². The summed E-state index contributed by atoms with van der Waals surface area (Å²) in [5, 5.41) is 9.62. The molecule has 2 rings (SSSR count). The number of rotatable bonds is 2. The zero-order valence-corrected chi connectivity index (χ0v) is 8.45. The number of aliphatic carboxylic acids is 1. The van der Waals surface area contributed by atoms with Gasteiger partial charge in [-0.05, 0) is 11.6 Å². The Hall–Kier alpha value is -1.89. The Kier molecular flexibility index (Phi) is 6.79. The lowest BCUT2D eigenvalue weighted by atomic mass is 10.1. The molecule has 0 bridgehead atoms. The first-order valence-electron chi connectivity index (χ1n) is 4.04. The van der Waals surface area contributed by atoms with Crippen LogP contribution in [0.1, 0.15) is 5.56 Å². The minimum absolute atomic E-state index is 0. The lowest BCUT2D eigenvalue weighted by Gasteiger charge is -1.92. The zero-order chi connectivity index (χ0) is 9.26. The van der Waals surface area contributed by atoms with Crippen molar-refractivity contribution in [1.82, 2.24) is 4.98 Å². The summed E-state index contributed by atoms with van der Waals surface area (Å²) in [6, 6.07) is 7.68. The number of carbonyl (C=O) groups is 1. The summed E-state index contributed by atoms with van der Waals surface area (Å²) in [6.45, 7) is 0. The van der Waals surface area contributed by atoms with E-state index in [4.69, 9.17) is 5.11 Å². The number of carboxylic acids is 1. The van der Waals surface area contributed by atoms with Crippen LogP contribution in [-0.2, 0) is 11.2 Å². The fourth-order valence-corrected chi connectivity index (χ4v) is 1.44. The molecule has 8 N–H and O–H groups in total. The Morgan fingerprint density at radius 2 is 1.81 bits per heavy atom. The van der Waals surface area contributed by atoms with Crippen LogP contribution in [0, 0.1) is 0 Å². The van der Waals surface area contributed by atoms with E-state index < -0.39 is 5.97 Å². The maximum absolute atomic E-state index is 10.5. The van der Waals surface area contributed by atoms with Gasteiger partial charge in [0.05, 0.1) is 6.42 Å². The third kappa shape index (κ3) is 3.06. The minimum Gasteiger partial charge on any atom is -0.481 e.